The highest BCUT2D eigenvalue weighted by Gasteiger charge is 2.55. The largest absolute Gasteiger partial charge is 0.481 e. The maximum absolute atomic E-state index is 13.1. The van der Waals surface area contributed by atoms with Crippen molar-refractivity contribution in [2.75, 3.05) is 7.11 Å². The number of nitro benzene ring substituents is 1. The van der Waals surface area contributed by atoms with E-state index in [0.29, 0.717) is 36.8 Å². The van der Waals surface area contributed by atoms with Crippen molar-refractivity contribution in [1.29, 1.82) is 0 Å². The van der Waals surface area contributed by atoms with Crippen molar-refractivity contribution >= 4 is 33.4 Å². The highest BCUT2D eigenvalue weighted by atomic mass is 79.9. The molecule has 3 aliphatic rings. The van der Waals surface area contributed by atoms with Gasteiger partial charge in [-0.3, -0.25) is 14.9 Å². The highest BCUT2D eigenvalue weighted by Crippen LogP contribution is 2.55. The molecule has 0 spiro atoms. The Labute approximate surface area is 218 Å². The number of ether oxygens (including phenoxy) is 2. The van der Waals surface area contributed by atoms with Gasteiger partial charge >= 0.3 is 5.97 Å². The third-order valence-corrected chi connectivity index (χ3v) is 9.07. The minimum Gasteiger partial charge on any atom is -0.481 e. The minimum atomic E-state index is -0.506. The molecule has 3 aliphatic carbocycles. The maximum Gasteiger partial charge on any atom is 0.338 e. The van der Waals surface area contributed by atoms with E-state index in [9.17, 15) is 19.7 Å². The zero-order valence-electron chi connectivity index (χ0n) is 20.1. The Balaban J connectivity index is 1.41. The SMILES string of the molecule is COc1ccc(Br)c(C[C@@H]2C[C@H](OC(=O)c3ccc([N+](=O)[O-])cc3)[C@@H]3CC(=O)[C@H]4CCCC[C@@H]4[C@@H]23)n1. The molecule has 1 aromatic heterocycles. The Kier molecular flexibility index (Phi) is 7.10. The number of fused-ring (bicyclic) bond motifs is 3. The van der Waals surface area contributed by atoms with E-state index < -0.39 is 10.9 Å². The van der Waals surface area contributed by atoms with Gasteiger partial charge in [-0.1, -0.05) is 12.8 Å². The molecule has 5 rings (SSSR count). The van der Waals surface area contributed by atoms with Crippen LogP contribution in [0.25, 0.3) is 0 Å². The molecule has 36 heavy (non-hydrogen) atoms. The lowest BCUT2D eigenvalue weighted by Gasteiger charge is -2.44. The van der Waals surface area contributed by atoms with Crippen LogP contribution in [0, 0.1) is 39.7 Å². The zero-order valence-corrected chi connectivity index (χ0v) is 21.7. The lowest BCUT2D eigenvalue weighted by Crippen LogP contribution is -2.44. The topological polar surface area (TPSA) is 109 Å². The molecule has 8 nitrogen and oxygen atoms in total. The Morgan fingerprint density at radius 2 is 1.89 bits per heavy atom. The van der Waals surface area contributed by atoms with Crippen molar-refractivity contribution in [3.05, 3.63) is 62.2 Å². The normalized spacial score (nSPS) is 29.2. The summed E-state index contributed by atoms with van der Waals surface area (Å²) >= 11 is 3.63. The van der Waals surface area contributed by atoms with E-state index in [0.717, 1.165) is 35.8 Å². The fourth-order valence-corrected chi connectivity index (χ4v) is 7.20. The second-order valence-electron chi connectivity index (χ2n) is 10.2. The van der Waals surface area contributed by atoms with Gasteiger partial charge in [-0.05, 0) is 77.6 Å². The summed E-state index contributed by atoms with van der Waals surface area (Å²) in [5, 5.41) is 11.0. The number of nitrogens with zero attached hydrogens (tertiary/aromatic N) is 2. The van der Waals surface area contributed by atoms with Gasteiger partial charge in [0.05, 0.1) is 23.3 Å². The summed E-state index contributed by atoms with van der Waals surface area (Å²) in [6, 6.07) is 9.21. The fourth-order valence-electron chi connectivity index (χ4n) is 6.82. The van der Waals surface area contributed by atoms with Crippen LogP contribution >= 0.6 is 15.9 Å². The third kappa shape index (κ3) is 4.77. The van der Waals surface area contributed by atoms with Gasteiger partial charge in [0.15, 0.2) is 0 Å². The summed E-state index contributed by atoms with van der Waals surface area (Å²) in [5.41, 5.74) is 1.10. The van der Waals surface area contributed by atoms with E-state index in [1.165, 1.54) is 24.3 Å². The molecule has 6 atom stereocenters. The predicted molar refractivity (Wildman–Crippen MR) is 135 cm³/mol. The molecule has 2 aromatic rings. The number of hydrogen-bond acceptors (Lipinski definition) is 7. The number of ketones is 1. The fraction of sp³-hybridized carbons (Fsp3) is 0.519. The number of nitro groups is 1. The maximum atomic E-state index is 13.1. The summed E-state index contributed by atoms with van der Waals surface area (Å²) in [5.74, 6) is 1.25. The predicted octanol–water partition coefficient (Wildman–Crippen LogP) is 5.56. The number of carbonyl (C=O) groups is 2. The molecule has 0 amide bonds. The van der Waals surface area contributed by atoms with Gasteiger partial charge in [-0.2, -0.15) is 0 Å². The molecule has 1 aromatic carbocycles. The van der Waals surface area contributed by atoms with E-state index in [2.05, 4.69) is 20.9 Å². The van der Waals surface area contributed by atoms with Gasteiger partial charge in [0, 0.05) is 40.9 Å². The lowest BCUT2D eigenvalue weighted by molar-refractivity contribution is -0.384. The number of Topliss-reactive ketones (excluding diaryl/α,β-unsaturated/α-hetero) is 1. The number of rotatable bonds is 6. The van der Waals surface area contributed by atoms with E-state index in [4.69, 9.17) is 9.47 Å². The van der Waals surface area contributed by atoms with Crippen LogP contribution in [-0.2, 0) is 16.0 Å². The number of esters is 1. The number of methoxy groups -OCH3 is 1. The molecular formula is C27H29BrN2O6. The number of halogens is 1. The minimum absolute atomic E-state index is 0.0202. The summed E-state index contributed by atoms with van der Waals surface area (Å²) in [6.07, 6.45) is 5.64. The number of aromatic nitrogens is 1. The second-order valence-corrected chi connectivity index (χ2v) is 11.1. The highest BCUT2D eigenvalue weighted by molar-refractivity contribution is 9.10. The van der Waals surface area contributed by atoms with E-state index in [1.807, 2.05) is 12.1 Å². The Morgan fingerprint density at radius 3 is 2.61 bits per heavy atom. The van der Waals surface area contributed by atoms with Crippen LogP contribution in [0.4, 0.5) is 5.69 Å². The van der Waals surface area contributed by atoms with Gasteiger partial charge in [0.2, 0.25) is 5.88 Å². The van der Waals surface area contributed by atoms with Crippen molar-refractivity contribution in [1.82, 2.24) is 4.98 Å². The van der Waals surface area contributed by atoms with E-state index in [1.54, 1.807) is 7.11 Å². The van der Waals surface area contributed by atoms with Crippen LogP contribution in [-0.4, -0.2) is 34.9 Å². The molecule has 190 valence electrons. The first-order chi connectivity index (χ1) is 17.4. The lowest BCUT2D eigenvalue weighted by atomic mass is 9.59. The summed E-state index contributed by atoms with van der Waals surface area (Å²) in [4.78, 5) is 41.3. The number of benzene rings is 1. The van der Waals surface area contributed by atoms with Crippen LogP contribution < -0.4 is 4.74 Å². The van der Waals surface area contributed by atoms with Gasteiger partial charge in [0.25, 0.3) is 5.69 Å². The van der Waals surface area contributed by atoms with E-state index in [-0.39, 0.29) is 41.0 Å². The quantitative estimate of drug-likeness (QED) is 0.260. The Morgan fingerprint density at radius 1 is 1.14 bits per heavy atom. The van der Waals surface area contributed by atoms with Crippen LogP contribution in [0.2, 0.25) is 0 Å². The van der Waals surface area contributed by atoms with Gasteiger partial charge in [0.1, 0.15) is 11.9 Å². The van der Waals surface area contributed by atoms with Crippen molar-refractivity contribution in [2.24, 2.45) is 29.6 Å². The van der Waals surface area contributed by atoms with Crippen molar-refractivity contribution < 1.29 is 24.0 Å². The molecule has 0 unspecified atom stereocenters. The Hall–Kier alpha value is -2.81. The average molecular weight is 557 g/mol. The first-order valence-corrected chi connectivity index (χ1v) is 13.3. The molecule has 0 bridgehead atoms. The van der Waals surface area contributed by atoms with Crippen LogP contribution in [0.1, 0.15) is 54.6 Å². The number of hydrogen-bond donors (Lipinski definition) is 0. The van der Waals surface area contributed by atoms with Gasteiger partial charge in [-0.25, -0.2) is 9.78 Å². The monoisotopic (exact) mass is 556 g/mol. The summed E-state index contributed by atoms with van der Waals surface area (Å²) in [6.45, 7) is 0. The average Bonchev–Trinajstić information content (AvgIpc) is 3.22. The molecule has 3 saturated carbocycles. The summed E-state index contributed by atoms with van der Waals surface area (Å²) < 4.78 is 12.3. The Bertz CT molecular complexity index is 1170. The smallest absolute Gasteiger partial charge is 0.338 e. The molecule has 0 saturated heterocycles. The first-order valence-electron chi connectivity index (χ1n) is 12.5. The van der Waals surface area contributed by atoms with Gasteiger partial charge in [-0.15, -0.1) is 0 Å². The molecule has 0 radical (unpaired) electrons. The molecular weight excluding hydrogens is 528 g/mol. The first kappa shape index (κ1) is 24.9. The molecule has 0 N–H and O–H groups in total. The molecule has 3 fully saturated rings. The molecule has 0 aliphatic heterocycles. The van der Waals surface area contributed by atoms with Crippen molar-refractivity contribution in [3.63, 3.8) is 0 Å². The van der Waals surface area contributed by atoms with Crippen LogP contribution in [0.5, 0.6) is 5.88 Å². The van der Waals surface area contributed by atoms with Gasteiger partial charge < -0.3 is 9.47 Å². The number of carbonyl (C=O) groups excluding carboxylic acids is 2. The zero-order chi connectivity index (χ0) is 25.4. The van der Waals surface area contributed by atoms with Crippen molar-refractivity contribution in [2.45, 2.75) is 51.0 Å². The standard InChI is InChI=1S/C27H29BrN2O6/c1-35-25-11-10-21(28)22(29-25)12-16-13-24(36-27(32)15-6-8-17(9-7-15)30(33)34)20-14-23(31)18-4-2-3-5-19(18)26(16)20/h6-11,16,18-20,24,26H,2-5,12-14H2,1H3/t16-,18+,19+,20+,24+,26-/m1/s1. The number of pyridine rings is 1. The second kappa shape index (κ2) is 10.3. The summed E-state index contributed by atoms with van der Waals surface area (Å²) in [7, 11) is 1.60. The van der Waals surface area contributed by atoms with Crippen LogP contribution in [0.3, 0.4) is 0 Å². The van der Waals surface area contributed by atoms with Crippen LogP contribution in [0.15, 0.2) is 40.9 Å². The molecule has 9 heteroatoms. The third-order valence-electron chi connectivity index (χ3n) is 8.35. The number of non-ortho nitro benzene ring substituents is 1. The van der Waals surface area contributed by atoms with E-state index >= 15 is 0 Å². The van der Waals surface area contributed by atoms with Crippen molar-refractivity contribution in [3.8, 4) is 5.88 Å². The molecule has 1 heterocycles.